The molecule has 2 aliphatic heterocycles. The van der Waals surface area contributed by atoms with Crippen molar-refractivity contribution in [2.75, 3.05) is 13.1 Å². The summed E-state index contributed by atoms with van der Waals surface area (Å²) in [6, 6.07) is 0.819. The van der Waals surface area contributed by atoms with Crippen molar-refractivity contribution in [3.05, 3.63) is 11.7 Å². The minimum absolute atomic E-state index is 0.299. The van der Waals surface area contributed by atoms with Crippen LogP contribution in [-0.4, -0.2) is 51.0 Å². The fourth-order valence-electron chi connectivity index (χ4n) is 4.20. The minimum Gasteiger partial charge on any atom is -0.338 e. The molecule has 3 fully saturated rings. The number of hydrogen-bond donors (Lipinski definition) is 0. The summed E-state index contributed by atoms with van der Waals surface area (Å²) in [5.74, 6) is 2.46. The van der Waals surface area contributed by atoms with Gasteiger partial charge >= 0.3 is 0 Å². The van der Waals surface area contributed by atoms with Crippen LogP contribution in [0, 0.1) is 0 Å². The summed E-state index contributed by atoms with van der Waals surface area (Å²) in [5.41, 5.74) is 0. The van der Waals surface area contributed by atoms with E-state index in [0.29, 0.717) is 30.3 Å². The van der Waals surface area contributed by atoms with Gasteiger partial charge in [0.25, 0.3) is 0 Å². The largest absolute Gasteiger partial charge is 0.338 e. The number of rotatable bonds is 5. The Morgan fingerprint density at radius 1 is 1.17 bits per heavy atom. The number of carbonyl (C=O) groups excluding carboxylic acids is 1. The Bertz CT molecular complexity index is 569. The first-order valence-electron chi connectivity index (χ1n) is 9.12. The van der Waals surface area contributed by atoms with E-state index in [1.807, 2.05) is 6.92 Å². The number of amides is 1. The standard InChI is InChI=1S/C17H26N4O2/c1-2-16(22)21-10-4-6-14(21)13-5-3-9-20(13)11-15-18-17(19-23-15)12-7-8-12/h12-14H,2-11H2,1H3/t13-,14+/m0/s1. The molecule has 126 valence electrons. The maximum Gasteiger partial charge on any atom is 0.240 e. The molecule has 1 aliphatic carbocycles. The van der Waals surface area contributed by atoms with Gasteiger partial charge in [0.1, 0.15) is 0 Å². The van der Waals surface area contributed by atoms with Crippen molar-refractivity contribution in [3.63, 3.8) is 0 Å². The summed E-state index contributed by atoms with van der Waals surface area (Å²) in [5, 5.41) is 4.12. The third kappa shape index (κ3) is 3.01. The normalized spacial score (nSPS) is 28.7. The van der Waals surface area contributed by atoms with Gasteiger partial charge in [-0.05, 0) is 45.1 Å². The Kier molecular flexibility index (Phi) is 4.09. The van der Waals surface area contributed by atoms with Crippen molar-refractivity contribution in [1.29, 1.82) is 0 Å². The van der Waals surface area contributed by atoms with Gasteiger partial charge in [0.2, 0.25) is 11.8 Å². The van der Waals surface area contributed by atoms with Gasteiger partial charge < -0.3 is 9.42 Å². The van der Waals surface area contributed by atoms with E-state index in [-0.39, 0.29) is 0 Å². The molecule has 0 bridgehead atoms. The summed E-state index contributed by atoms with van der Waals surface area (Å²) in [6.45, 7) is 4.68. The Hall–Kier alpha value is -1.43. The van der Waals surface area contributed by atoms with Crippen molar-refractivity contribution in [2.24, 2.45) is 0 Å². The lowest BCUT2D eigenvalue weighted by molar-refractivity contribution is -0.132. The molecule has 4 rings (SSSR count). The highest BCUT2D eigenvalue weighted by Gasteiger charge is 2.39. The molecule has 1 saturated carbocycles. The average Bonchev–Trinajstić information content (AvgIpc) is 2.97. The second-order valence-corrected chi connectivity index (χ2v) is 7.15. The Labute approximate surface area is 137 Å². The molecule has 3 aliphatic rings. The molecule has 6 nitrogen and oxygen atoms in total. The molecule has 0 spiro atoms. The average molecular weight is 318 g/mol. The monoisotopic (exact) mass is 318 g/mol. The van der Waals surface area contributed by atoms with Gasteiger partial charge in [0, 0.05) is 31.0 Å². The van der Waals surface area contributed by atoms with Crippen LogP contribution in [0.4, 0.5) is 0 Å². The van der Waals surface area contributed by atoms with E-state index < -0.39 is 0 Å². The van der Waals surface area contributed by atoms with Gasteiger partial charge in [-0.25, -0.2) is 0 Å². The topological polar surface area (TPSA) is 62.5 Å². The van der Waals surface area contributed by atoms with Crippen molar-refractivity contribution >= 4 is 5.91 Å². The Balaban J connectivity index is 1.44. The summed E-state index contributed by atoms with van der Waals surface area (Å²) in [7, 11) is 0. The van der Waals surface area contributed by atoms with Crippen LogP contribution in [0.3, 0.4) is 0 Å². The predicted octanol–water partition coefficient (Wildman–Crippen LogP) is 2.31. The van der Waals surface area contributed by atoms with Crippen LogP contribution in [0.15, 0.2) is 4.52 Å². The van der Waals surface area contributed by atoms with E-state index in [0.717, 1.165) is 44.2 Å². The van der Waals surface area contributed by atoms with Crippen LogP contribution in [0.25, 0.3) is 0 Å². The van der Waals surface area contributed by atoms with Crippen molar-refractivity contribution in [2.45, 2.75) is 76.4 Å². The first kappa shape index (κ1) is 15.1. The number of carbonyl (C=O) groups is 1. The van der Waals surface area contributed by atoms with Crippen LogP contribution in [0.1, 0.15) is 69.5 Å². The number of likely N-dealkylation sites (tertiary alicyclic amines) is 2. The van der Waals surface area contributed by atoms with Crippen LogP contribution in [0.2, 0.25) is 0 Å². The van der Waals surface area contributed by atoms with E-state index in [9.17, 15) is 4.79 Å². The molecular weight excluding hydrogens is 292 g/mol. The Morgan fingerprint density at radius 2 is 1.96 bits per heavy atom. The van der Waals surface area contributed by atoms with E-state index >= 15 is 0 Å². The smallest absolute Gasteiger partial charge is 0.240 e. The molecule has 1 amide bonds. The molecule has 2 atom stereocenters. The van der Waals surface area contributed by atoms with Gasteiger partial charge in [-0.1, -0.05) is 12.1 Å². The van der Waals surface area contributed by atoms with Crippen LogP contribution >= 0.6 is 0 Å². The molecule has 23 heavy (non-hydrogen) atoms. The second-order valence-electron chi connectivity index (χ2n) is 7.15. The number of nitrogens with zero attached hydrogens (tertiary/aromatic N) is 4. The molecule has 0 unspecified atom stereocenters. The van der Waals surface area contributed by atoms with Crippen molar-refractivity contribution < 1.29 is 9.32 Å². The van der Waals surface area contributed by atoms with E-state index in [1.165, 1.54) is 25.7 Å². The highest BCUT2D eigenvalue weighted by Crippen LogP contribution is 2.38. The zero-order valence-electron chi connectivity index (χ0n) is 13.9. The molecule has 0 N–H and O–H groups in total. The predicted molar refractivity (Wildman–Crippen MR) is 84.7 cm³/mol. The lowest BCUT2D eigenvalue weighted by Crippen LogP contribution is -2.47. The number of aromatic nitrogens is 2. The zero-order chi connectivity index (χ0) is 15.8. The SMILES string of the molecule is CCC(=O)N1CCC[C@@H]1[C@@H]1CCCN1Cc1nc(C2CC2)no1. The highest BCUT2D eigenvalue weighted by atomic mass is 16.5. The van der Waals surface area contributed by atoms with Gasteiger partial charge in [-0.15, -0.1) is 0 Å². The highest BCUT2D eigenvalue weighted by molar-refractivity contribution is 5.76. The van der Waals surface area contributed by atoms with Crippen molar-refractivity contribution in [3.8, 4) is 0 Å². The quantitative estimate of drug-likeness (QED) is 0.833. The lowest BCUT2D eigenvalue weighted by Gasteiger charge is -2.34. The maximum atomic E-state index is 12.2. The second kappa shape index (κ2) is 6.23. The van der Waals surface area contributed by atoms with Crippen LogP contribution in [-0.2, 0) is 11.3 Å². The fourth-order valence-corrected chi connectivity index (χ4v) is 4.20. The van der Waals surface area contributed by atoms with Crippen LogP contribution < -0.4 is 0 Å². The summed E-state index contributed by atoms with van der Waals surface area (Å²) in [6.07, 6.45) is 7.62. The molecule has 1 aromatic rings. The van der Waals surface area contributed by atoms with Gasteiger partial charge in [-0.3, -0.25) is 9.69 Å². The molecule has 2 saturated heterocycles. The Morgan fingerprint density at radius 3 is 2.74 bits per heavy atom. The molecular formula is C17H26N4O2. The molecule has 0 aromatic carbocycles. The molecule has 6 heteroatoms. The fraction of sp³-hybridized carbons (Fsp3) is 0.824. The molecule has 1 aromatic heterocycles. The first-order valence-corrected chi connectivity index (χ1v) is 9.12. The van der Waals surface area contributed by atoms with E-state index in [4.69, 9.17) is 4.52 Å². The van der Waals surface area contributed by atoms with E-state index in [1.54, 1.807) is 0 Å². The maximum absolute atomic E-state index is 12.2. The molecule has 0 radical (unpaired) electrons. The van der Waals surface area contributed by atoms with E-state index in [2.05, 4.69) is 19.9 Å². The lowest BCUT2D eigenvalue weighted by atomic mass is 10.0. The summed E-state index contributed by atoms with van der Waals surface area (Å²) < 4.78 is 5.45. The molecule has 3 heterocycles. The number of hydrogen-bond acceptors (Lipinski definition) is 5. The van der Waals surface area contributed by atoms with Gasteiger partial charge in [0.15, 0.2) is 5.82 Å². The zero-order valence-corrected chi connectivity index (χ0v) is 13.9. The van der Waals surface area contributed by atoms with Gasteiger partial charge in [0.05, 0.1) is 6.54 Å². The van der Waals surface area contributed by atoms with Crippen molar-refractivity contribution in [1.82, 2.24) is 19.9 Å². The third-order valence-electron chi connectivity index (χ3n) is 5.55. The van der Waals surface area contributed by atoms with Gasteiger partial charge in [-0.2, -0.15) is 4.98 Å². The summed E-state index contributed by atoms with van der Waals surface area (Å²) >= 11 is 0. The third-order valence-corrected chi connectivity index (χ3v) is 5.55. The summed E-state index contributed by atoms with van der Waals surface area (Å²) in [4.78, 5) is 21.3. The minimum atomic E-state index is 0.299. The first-order chi connectivity index (χ1) is 11.3. The van der Waals surface area contributed by atoms with Crippen LogP contribution in [0.5, 0.6) is 0 Å².